The first-order valence-corrected chi connectivity index (χ1v) is 21.3. The number of carbonyl (C=O) groups is 2. The molecule has 0 fully saturated rings. The summed E-state index contributed by atoms with van der Waals surface area (Å²) in [7, 11) is 1.01. The summed E-state index contributed by atoms with van der Waals surface area (Å²) >= 11 is 0. The molecule has 54 heavy (non-hydrogen) atoms. The normalized spacial score (nSPS) is 12.8. The molecule has 4 aromatic rings. The summed E-state index contributed by atoms with van der Waals surface area (Å²) in [6, 6.07) is 26.2. The minimum absolute atomic E-state index is 0.0123. The average molecular weight is 756 g/mol. The Bertz CT molecular complexity index is 1860. The smallest absolute Gasteiger partial charge is 0.251 e. The molecule has 5 N–H and O–H groups in total. The van der Waals surface area contributed by atoms with Gasteiger partial charge in [0.2, 0.25) is 5.91 Å². The van der Waals surface area contributed by atoms with Gasteiger partial charge < -0.3 is 40.1 Å². The zero-order valence-corrected chi connectivity index (χ0v) is 33.9. The molecular weight excluding hydrogens is 699 g/mol. The molecule has 0 aliphatic carbocycles. The zero-order valence-electron chi connectivity index (χ0n) is 32.9. The quantitative estimate of drug-likeness (QED) is 0.0687. The van der Waals surface area contributed by atoms with Gasteiger partial charge in [0.1, 0.15) is 5.75 Å². The van der Waals surface area contributed by atoms with E-state index in [4.69, 9.17) is 13.9 Å². The van der Waals surface area contributed by atoms with E-state index < -0.39 is 8.32 Å². The summed E-state index contributed by atoms with van der Waals surface area (Å²) in [6.45, 7) is 14.2. The fourth-order valence-electron chi connectivity index (χ4n) is 5.79. The number of ether oxygens (including phenoxy) is 2. The van der Waals surface area contributed by atoms with E-state index in [2.05, 4.69) is 68.9 Å². The number of hydrogen-bond acceptors (Lipinski definition) is 8. The van der Waals surface area contributed by atoms with E-state index >= 15 is 0 Å². The van der Waals surface area contributed by atoms with E-state index in [0.717, 1.165) is 34.2 Å². The fraction of sp³-hybridized carbons (Fsp3) is 0.395. The topological polar surface area (TPSA) is 138 Å². The lowest BCUT2D eigenvalue weighted by atomic mass is 10.0. The number of hydrogen-bond donors (Lipinski definition) is 5. The van der Waals surface area contributed by atoms with Crippen LogP contribution in [0, 0.1) is 0 Å². The van der Waals surface area contributed by atoms with Crippen molar-refractivity contribution >= 4 is 20.1 Å². The summed E-state index contributed by atoms with van der Waals surface area (Å²) in [6.07, 6.45) is 0.759. The summed E-state index contributed by atoms with van der Waals surface area (Å²) in [5.41, 5.74) is 5.75. The molecule has 4 aromatic carbocycles. The summed E-state index contributed by atoms with van der Waals surface area (Å²) in [4.78, 5) is 25.7. The van der Waals surface area contributed by atoms with E-state index in [1.54, 1.807) is 38.5 Å². The zero-order chi connectivity index (χ0) is 39.5. The van der Waals surface area contributed by atoms with E-state index in [1.165, 1.54) is 0 Å². The van der Waals surface area contributed by atoms with Crippen molar-refractivity contribution in [1.29, 1.82) is 0 Å². The van der Waals surface area contributed by atoms with Gasteiger partial charge in [-0.2, -0.15) is 0 Å². The minimum atomic E-state index is -2.14. The van der Waals surface area contributed by atoms with Crippen LogP contribution in [0.1, 0.15) is 77.5 Å². The van der Waals surface area contributed by atoms with Crippen LogP contribution in [-0.4, -0.2) is 57.2 Å². The number of aliphatic hydroxyl groups is 1. The Labute approximate surface area is 321 Å². The number of phenols is 1. The van der Waals surface area contributed by atoms with Crippen molar-refractivity contribution in [2.24, 2.45) is 0 Å². The molecule has 4 rings (SSSR count). The highest BCUT2D eigenvalue weighted by Crippen LogP contribution is 2.40. The second-order valence-electron chi connectivity index (χ2n) is 15.3. The number of aromatic hydroxyl groups is 1. The van der Waals surface area contributed by atoms with Crippen molar-refractivity contribution in [3.8, 4) is 17.2 Å². The summed E-state index contributed by atoms with van der Waals surface area (Å²) in [5, 5.41) is 29.5. The van der Waals surface area contributed by atoms with E-state index in [9.17, 15) is 19.8 Å². The minimum Gasteiger partial charge on any atom is -0.508 e. The SMILES string of the molecule is COc1ccc(CNC(=O)c2ccc(CNC(=O)Cc3cccc(C[C@@H](C)NC[C@@H](O[Si](C)(C)C(C)(C)C)c4ccc(O)c(CO)c4)c3)cc2)cc1OC. The lowest BCUT2D eigenvalue weighted by Gasteiger charge is -2.40. The molecule has 0 aromatic heterocycles. The Hall–Kier alpha value is -4.68. The van der Waals surface area contributed by atoms with Crippen LogP contribution in [0.4, 0.5) is 0 Å². The van der Waals surface area contributed by atoms with Crippen LogP contribution in [0.25, 0.3) is 0 Å². The predicted molar refractivity (Wildman–Crippen MR) is 215 cm³/mol. The van der Waals surface area contributed by atoms with Gasteiger partial charge in [-0.25, -0.2) is 0 Å². The number of carbonyl (C=O) groups excluding carboxylic acids is 2. The van der Waals surface area contributed by atoms with Crippen molar-refractivity contribution in [3.05, 3.63) is 124 Å². The lowest BCUT2D eigenvalue weighted by Crippen LogP contribution is -2.44. The molecule has 0 saturated heterocycles. The van der Waals surface area contributed by atoms with Crippen LogP contribution < -0.4 is 25.4 Å². The van der Waals surface area contributed by atoms with Gasteiger partial charge in [0, 0.05) is 36.8 Å². The molecule has 0 radical (unpaired) electrons. The van der Waals surface area contributed by atoms with Gasteiger partial charge in [-0.05, 0) is 95.7 Å². The van der Waals surface area contributed by atoms with Crippen molar-refractivity contribution in [2.75, 3.05) is 20.8 Å². The number of benzene rings is 4. The molecule has 0 spiro atoms. The predicted octanol–water partition coefficient (Wildman–Crippen LogP) is 6.97. The summed E-state index contributed by atoms with van der Waals surface area (Å²) in [5.74, 6) is 1.02. The van der Waals surface area contributed by atoms with E-state index in [-0.39, 0.29) is 47.8 Å². The highest BCUT2D eigenvalue weighted by molar-refractivity contribution is 6.74. The second kappa shape index (κ2) is 19.1. The molecule has 0 unspecified atom stereocenters. The van der Waals surface area contributed by atoms with E-state index in [1.807, 2.05) is 48.5 Å². The first-order chi connectivity index (χ1) is 25.6. The lowest BCUT2D eigenvalue weighted by molar-refractivity contribution is -0.120. The summed E-state index contributed by atoms with van der Waals surface area (Å²) < 4.78 is 17.5. The second-order valence-corrected chi connectivity index (χ2v) is 20.0. The Morgan fingerprint density at radius 1 is 0.796 bits per heavy atom. The average Bonchev–Trinajstić information content (AvgIpc) is 3.14. The van der Waals surface area contributed by atoms with Crippen LogP contribution in [0.15, 0.2) is 84.9 Å². The molecule has 10 nitrogen and oxygen atoms in total. The maximum atomic E-state index is 12.9. The van der Waals surface area contributed by atoms with Crippen molar-refractivity contribution in [1.82, 2.24) is 16.0 Å². The van der Waals surface area contributed by atoms with Crippen molar-refractivity contribution in [3.63, 3.8) is 0 Å². The molecular formula is C43H57N3O7Si. The van der Waals surface area contributed by atoms with Crippen LogP contribution in [0.2, 0.25) is 18.1 Å². The molecule has 0 saturated carbocycles. The fourth-order valence-corrected chi connectivity index (χ4v) is 7.07. The maximum absolute atomic E-state index is 12.9. The van der Waals surface area contributed by atoms with Gasteiger partial charge in [-0.3, -0.25) is 9.59 Å². The van der Waals surface area contributed by atoms with Gasteiger partial charge in [0.05, 0.1) is 33.4 Å². The Morgan fingerprint density at radius 3 is 2.13 bits per heavy atom. The third kappa shape index (κ3) is 11.9. The molecule has 0 heterocycles. The van der Waals surface area contributed by atoms with Crippen LogP contribution in [-0.2, 0) is 41.8 Å². The van der Waals surface area contributed by atoms with Gasteiger partial charge in [-0.15, -0.1) is 0 Å². The first kappa shape index (κ1) is 42.1. The Morgan fingerprint density at radius 2 is 1.46 bits per heavy atom. The number of rotatable bonds is 18. The molecule has 0 bridgehead atoms. The first-order valence-electron chi connectivity index (χ1n) is 18.4. The standard InChI is InChI=1S/C43H57N3O7Si/c1-29(44-27-40(53-54(7,8)43(2,3)4)35-17-18-37(48)36(24-35)28-47)20-31-10-9-11-32(21-31)23-41(49)45-25-30-12-15-34(16-13-30)42(50)46-26-33-14-19-38(51-5)39(22-33)52-6/h9-19,21-22,24,29,40,44,47-48H,20,23,25-28H2,1-8H3,(H,45,49)(H,46,50)/t29-,40-/m1/s1. The molecule has 290 valence electrons. The van der Waals surface area contributed by atoms with Gasteiger partial charge in [0.15, 0.2) is 19.8 Å². The van der Waals surface area contributed by atoms with Crippen LogP contribution in [0.5, 0.6) is 17.2 Å². The number of nitrogens with one attached hydrogen (secondary N) is 3. The molecule has 2 amide bonds. The number of aliphatic hydroxyl groups excluding tert-OH is 1. The highest BCUT2D eigenvalue weighted by Gasteiger charge is 2.39. The van der Waals surface area contributed by atoms with Crippen molar-refractivity contribution < 1.29 is 33.7 Å². The number of methoxy groups -OCH3 is 2. The maximum Gasteiger partial charge on any atom is 0.251 e. The van der Waals surface area contributed by atoms with E-state index in [0.29, 0.717) is 42.3 Å². The molecule has 0 aliphatic rings. The molecule has 11 heteroatoms. The Balaban J connectivity index is 1.27. The highest BCUT2D eigenvalue weighted by atomic mass is 28.4. The third-order valence-electron chi connectivity index (χ3n) is 10.0. The van der Waals surface area contributed by atoms with Gasteiger partial charge in [-0.1, -0.05) is 69.3 Å². The Kier molecular flexibility index (Phi) is 14.9. The number of amides is 2. The monoisotopic (exact) mass is 755 g/mol. The van der Waals surface area contributed by atoms with Crippen LogP contribution in [0.3, 0.4) is 0 Å². The van der Waals surface area contributed by atoms with Crippen molar-refractivity contribution in [2.45, 2.75) is 90.5 Å². The van der Waals surface area contributed by atoms with Crippen LogP contribution >= 0.6 is 0 Å². The third-order valence-corrected chi connectivity index (χ3v) is 14.5. The largest absolute Gasteiger partial charge is 0.508 e. The van der Waals surface area contributed by atoms with Gasteiger partial charge >= 0.3 is 0 Å². The van der Waals surface area contributed by atoms with Gasteiger partial charge in [0.25, 0.3) is 5.91 Å². The molecule has 2 atom stereocenters. The molecule has 0 aliphatic heterocycles.